The molecule has 5 unspecified atom stereocenters. The van der Waals surface area contributed by atoms with Crippen molar-refractivity contribution in [2.24, 2.45) is 29.2 Å². The number of rotatable bonds is 15. The van der Waals surface area contributed by atoms with Gasteiger partial charge in [0.25, 0.3) is 0 Å². The predicted molar refractivity (Wildman–Crippen MR) is 131 cm³/mol. The summed E-state index contributed by atoms with van der Waals surface area (Å²) in [6.07, 6.45) is 14.1. The van der Waals surface area contributed by atoms with E-state index in [0.29, 0.717) is 37.1 Å². The highest BCUT2D eigenvalue weighted by atomic mass is 16.3. The Morgan fingerprint density at radius 2 is 1.47 bits per heavy atom. The molecule has 0 radical (unpaired) electrons. The van der Waals surface area contributed by atoms with Crippen molar-refractivity contribution in [2.75, 3.05) is 6.54 Å². The van der Waals surface area contributed by atoms with E-state index in [2.05, 4.69) is 17.6 Å². The first-order valence-corrected chi connectivity index (χ1v) is 13.4. The zero-order chi connectivity index (χ0) is 23.3. The lowest BCUT2D eigenvalue weighted by Gasteiger charge is -2.35. The third-order valence-corrected chi connectivity index (χ3v) is 7.96. The summed E-state index contributed by atoms with van der Waals surface area (Å²) < 4.78 is 0. The van der Waals surface area contributed by atoms with Crippen LogP contribution in [-0.2, 0) is 0 Å². The van der Waals surface area contributed by atoms with Crippen LogP contribution in [0, 0.1) is 17.8 Å². The number of hydrogen-bond donors (Lipinski definition) is 7. The Morgan fingerprint density at radius 1 is 0.844 bits per heavy atom. The van der Waals surface area contributed by atoms with Crippen molar-refractivity contribution in [1.29, 1.82) is 0 Å². The van der Waals surface area contributed by atoms with Crippen LogP contribution in [0.1, 0.15) is 103 Å². The van der Waals surface area contributed by atoms with Crippen LogP contribution in [0.4, 0.5) is 0 Å². The van der Waals surface area contributed by atoms with Gasteiger partial charge in [-0.15, -0.1) is 0 Å². The Bertz CT molecular complexity index is 470. The van der Waals surface area contributed by atoms with E-state index in [1.807, 2.05) is 0 Å². The average molecular weight is 457 g/mol. The van der Waals surface area contributed by atoms with E-state index < -0.39 is 18.7 Å². The van der Waals surface area contributed by atoms with Crippen molar-refractivity contribution in [3.8, 4) is 0 Å². The average Bonchev–Trinajstić information content (AvgIpc) is 2.81. The predicted octanol–water partition coefficient (Wildman–Crippen LogP) is 2.52. The fourth-order valence-corrected chi connectivity index (χ4v) is 5.81. The van der Waals surface area contributed by atoms with Gasteiger partial charge in [-0.05, 0) is 56.4 Å². The molecule has 2 saturated carbocycles. The molecule has 0 aromatic carbocycles. The number of nitrogens with two attached hydrogens (primary N) is 2. The third-order valence-electron chi connectivity index (χ3n) is 7.96. The van der Waals surface area contributed by atoms with Crippen molar-refractivity contribution in [1.82, 2.24) is 10.6 Å². The molecule has 190 valence electrons. The van der Waals surface area contributed by atoms with Gasteiger partial charge in [0.1, 0.15) is 18.7 Å². The van der Waals surface area contributed by atoms with Crippen LogP contribution < -0.4 is 22.1 Å². The summed E-state index contributed by atoms with van der Waals surface area (Å²) in [7, 11) is 0. The summed E-state index contributed by atoms with van der Waals surface area (Å²) in [6, 6.07) is -0.727. The van der Waals surface area contributed by atoms with Crippen LogP contribution in [0.3, 0.4) is 0 Å². The summed E-state index contributed by atoms with van der Waals surface area (Å²) in [4.78, 5) is 0. The summed E-state index contributed by atoms with van der Waals surface area (Å²) >= 11 is 0. The SMILES string of the molecule is CC(C[C@H](NC(O)C(CCCN)NC(O)CCC1CCCCC1)C(N)O)C1CCCCC1. The molecule has 0 bridgehead atoms. The zero-order valence-electron chi connectivity index (χ0n) is 20.4. The third kappa shape index (κ3) is 10.3. The van der Waals surface area contributed by atoms with Crippen molar-refractivity contribution < 1.29 is 15.3 Å². The monoisotopic (exact) mass is 456 g/mol. The molecular formula is C25H52N4O3. The van der Waals surface area contributed by atoms with Crippen LogP contribution in [0.5, 0.6) is 0 Å². The molecule has 32 heavy (non-hydrogen) atoms. The second kappa shape index (κ2) is 15.6. The van der Waals surface area contributed by atoms with E-state index in [-0.39, 0.29) is 12.1 Å². The molecule has 9 N–H and O–H groups in total. The quantitative estimate of drug-likeness (QED) is 0.188. The number of hydrogen-bond acceptors (Lipinski definition) is 7. The number of nitrogens with one attached hydrogen (secondary N) is 2. The van der Waals surface area contributed by atoms with Crippen LogP contribution in [0.2, 0.25) is 0 Å². The Labute approximate surface area is 196 Å². The molecule has 2 aliphatic carbocycles. The second-order valence-corrected chi connectivity index (χ2v) is 10.6. The maximum atomic E-state index is 11.0. The summed E-state index contributed by atoms with van der Waals surface area (Å²) in [5.41, 5.74) is 11.6. The minimum Gasteiger partial charge on any atom is -0.379 e. The number of aliphatic hydroxyl groups is 3. The topological polar surface area (TPSA) is 137 Å². The normalized spacial score (nSPS) is 24.6. The Hall–Kier alpha value is -0.280. The lowest BCUT2D eigenvalue weighted by atomic mass is 9.78. The van der Waals surface area contributed by atoms with Crippen LogP contribution in [0.25, 0.3) is 0 Å². The van der Waals surface area contributed by atoms with Crippen molar-refractivity contribution in [2.45, 2.75) is 134 Å². The van der Waals surface area contributed by atoms with Crippen LogP contribution >= 0.6 is 0 Å². The van der Waals surface area contributed by atoms with Gasteiger partial charge in [0.05, 0.1) is 0 Å². The second-order valence-electron chi connectivity index (χ2n) is 10.6. The Morgan fingerprint density at radius 3 is 2.06 bits per heavy atom. The van der Waals surface area contributed by atoms with Gasteiger partial charge >= 0.3 is 0 Å². The first kappa shape index (κ1) is 28.0. The highest BCUT2D eigenvalue weighted by molar-refractivity contribution is 4.84. The number of aliphatic hydroxyl groups excluding tert-OH is 3. The highest BCUT2D eigenvalue weighted by Gasteiger charge is 2.29. The Kier molecular flexibility index (Phi) is 13.6. The molecule has 0 spiro atoms. The fourth-order valence-electron chi connectivity index (χ4n) is 5.81. The van der Waals surface area contributed by atoms with Crippen molar-refractivity contribution >= 4 is 0 Å². The van der Waals surface area contributed by atoms with E-state index in [1.54, 1.807) is 0 Å². The van der Waals surface area contributed by atoms with Crippen LogP contribution in [-0.4, -0.2) is 52.6 Å². The first-order valence-electron chi connectivity index (χ1n) is 13.4. The van der Waals surface area contributed by atoms with Gasteiger partial charge in [0, 0.05) is 12.1 Å². The molecular weight excluding hydrogens is 404 g/mol. The fraction of sp³-hybridized carbons (Fsp3) is 1.00. The van der Waals surface area contributed by atoms with Crippen molar-refractivity contribution in [3.05, 3.63) is 0 Å². The molecule has 0 saturated heterocycles. The molecule has 7 heteroatoms. The van der Waals surface area contributed by atoms with Gasteiger partial charge in [-0.2, -0.15) is 0 Å². The van der Waals surface area contributed by atoms with Gasteiger partial charge in [0.2, 0.25) is 0 Å². The summed E-state index contributed by atoms with van der Waals surface area (Å²) in [6.45, 7) is 2.77. The lowest BCUT2D eigenvalue weighted by molar-refractivity contribution is 0.00940. The summed E-state index contributed by atoms with van der Waals surface area (Å²) in [5, 5.41) is 38.1. The first-order chi connectivity index (χ1) is 15.4. The molecule has 0 aliphatic heterocycles. The van der Waals surface area contributed by atoms with E-state index in [9.17, 15) is 15.3 Å². The van der Waals surface area contributed by atoms with Crippen LogP contribution in [0.15, 0.2) is 0 Å². The molecule has 0 amide bonds. The van der Waals surface area contributed by atoms with Gasteiger partial charge in [-0.25, -0.2) is 0 Å². The molecule has 2 fully saturated rings. The zero-order valence-corrected chi connectivity index (χ0v) is 20.4. The van der Waals surface area contributed by atoms with Gasteiger partial charge in [0.15, 0.2) is 0 Å². The lowest BCUT2D eigenvalue weighted by Crippen LogP contribution is -2.58. The standard InChI is InChI=1S/C25H52N4O3/c1-18(20-11-6-3-7-12-20)17-22(24(27)31)29-25(32)21(13-8-16-26)28-23(30)15-14-19-9-4-2-5-10-19/h18-25,28-32H,2-17,26-27H2,1H3/t18?,21?,22-,23?,24?,25?/m0/s1. The van der Waals surface area contributed by atoms with E-state index in [0.717, 1.165) is 19.3 Å². The summed E-state index contributed by atoms with van der Waals surface area (Å²) in [5.74, 6) is 1.82. The molecule has 7 nitrogen and oxygen atoms in total. The molecule has 0 aromatic heterocycles. The van der Waals surface area contributed by atoms with Crippen molar-refractivity contribution in [3.63, 3.8) is 0 Å². The minimum atomic E-state index is -1.04. The maximum Gasteiger partial charge on any atom is 0.120 e. The Balaban J connectivity index is 1.86. The van der Waals surface area contributed by atoms with Gasteiger partial charge in [-0.3, -0.25) is 10.6 Å². The highest BCUT2D eigenvalue weighted by Crippen LogP contribution is 2.32. The minimum absolute atomic E-state index is 0.342. The van der Waals surface area contributed by atoms with E-state index in [1.165, 1.54) is 64.2 Å². The maximum absolute atomic E-state index is 11.0. The van der Waals surface area contributed by atoms with Gasteiger partial charge in [-0.1, -0.05) is 71.1 Å². The molecule has 0 aromatic rings. The largest absolute Gasteiger partial charge is 0.379 e. The molecule has 2 aliphatic rings. The van der Waals surface area contributed by atoms with E-state index >= 15 is 0 Å². The smallest absolute Gasteiger partial charge is 0.120 e. The molecule has 0 heterocycles. The molecule has 2 rings (SSSR count). The van der Waals surface area contributed by atoms with Gasteiger partial charge < -0.3 is 26.8 Å². The molecule has 6 atom stereocenters. The van der Waals surface area contributed by atoms with E-state index in [4.69, 9.17) is 11.5 Å².